The van der Waals surface area contributed by atoms with E-state index in [-0.39, 0.29) is 11.7 Å². The fourth-order valence-corrected chi connectivity index (χ4v) is 2.19. The number of amides is 1. The monoisotopic (exact) mass is 268 g/mol. The van der Waals surface area contributed by atoms with E-state index in [0.717, 1.165) is 10.9 Å². The zero-order valence-electron chi connectivity index (χ0n) is 10.9. The van der Waals surface area contributed by atoms with Crippen molar-refractivity contribution in [2.24, 2.45) is 0 Å². The summed E-state index contributed by atoms with van der Waals surface area (Å²) >= 11 is 0. The highest BCUT2D eigenvalue weighted by atomic mass is 19.1. The smallest absolute Gasteiger partial charge is 0.257 e. The lowest BCUT2D eigenvalue weighted by atomic mass is 10.1. The van der Waals surface area contributed by atoms with Gasteiger partial charge >= 0.3 is 0 Å². The van der Waals surface area contributed by atoms with Crippen LogP contribution >= 0.6 is 0 Å². The van der Waals surface area contributed by atoms with E-state index in [4.69, 9.17) is 0 Å². The Kier molecular flexibility index (Phi) is 2.99. The van der Waals surface area contributed by atoms with Gasteiger partial charge < -0.3 is 10.3 Å². The van der Waals surface area contributed by atoms with Crippen LogP contribution in [0.3, 0.4) is 0 Å². The van der Waals surface area contributed by atoms with E-state index in [2.05, 4.69) is 10.3 Å². The minimum absolute atomic E-state index is 0.254. The molecule has 0 spiro atoms. The average molecular weight is 268 g/mol. The molecule has 0 aliphatic rings. The van der Waals surface area contributed by atoms with Gasteiger partial charge in [0.1, 0.15) is 5.82 Å². The van der Waals surface area contributed by atoms with Gasteiger partial charge in [-0.1, -0.05) is 24.3 Å². The fourth-order valence-electron chi connectivity index (χ4n) is 2.19. The summed E-state index contributed by atoms with van der Waals surface area (Å²) < 4.78 is 13.5. The summed E-state index contributed by atoms with van der Waals surface area (Å²) in [6, 6.07) is 12.2. The topological polar surface area (TPSA) is 44.9 Å². The maximum atomic E-state index is 13.5. The number of nitrogens with one attached hydrogen (secondary N) is 2. The van der Waals surface area contributed by atoms with Crippen molar-refractivity contribution in [3.63, 3.8) is 0 Å². The van der Waals surface area contributed by atoms with Crippen molar-refractivity contribution in [1.29, 1.82) is 0 Å². The first-order chi connectivity index (χ1) is 9.66. The summed E-state index contributed by atoms with van der Waals surface area (Å²) in [6.45, 7) is 1.64. The van der Waals surface area contributed by atoms with Crippen molar-refractivity contribution >= 4 is 22.5 Å². The van der Waals surface area contributed by atoms with Crippen LogP contribution in [0.15, 0.2) is 48.7 Å². The Morgan fingerprint density at radius 3 is 2.80 bits per heavy atom. The molecule has 3 nitrogen and oxygen atoms in total. The number of aromatic nitrogens is 1. The molecular formula is C16H13FN2O. The number of anilines is 1. The normalized spacial score (nSPS) is 10.7. The second-order valence-electron chi connectivity index (χ2n) is 4.61. The van der Waals surface area contributed by atoms with Gasteiger partial charge in [0.25, 0.3) is 5.91 Å². The molecule has 0 aliphatic heterocycles. The molecule has 1 aromatic heterocycles. The molecule has 0 saturated heterocycles. The summed E-state index contributed by atoms with van der Waals surface area (Å²) in [5.41, 5.74) is 2.36. The summed E-state index contributed by atoms with van der Waals surface area (Å²) in [4.78, 5) is 15.3. The van der Waals surface area contributed by atoms with Gasteiger partial charge in [0.05, 0.1) is 5.56 Å². The number of aromatic amines is 1. The van der Waals surface area contributed by atoms with Crippen molar-refractivity contribution in [2.45, 2.75) is 6.92 Å². The number of para-hydroxylation sites is 1. The molecule has 2 N–H and O–H groups in total. The van der Waals surface area contributed by atoms with Crippen LogP contribution in [0.1, 0.15) is 15.9 Å². The van der Waals surface area contributed by atoms with Crippen LogP contribution in [-0.2, 0) is 0 Å². The Bertz CT molecular complexity index is 792. The van der Waals surface area contributed by atoms with Crippen molar-refractivity contribution in [3.8, 4) is 0 Å². The number of hydrogen-bond donors (Lipinski definition) is 2. The van der Waals surface area contributed by atoms with E-state index in [0.29, 0.717) is 16.8 Å². The number of benzene rings is 2. The van der Waals surface area contributed by atoms with Gasteiger partial charge in [0.2, 0.25) is 0 Å². The van der Waals surface area contributed by atoms with Crippen LogP contribution < -0.4 is 5.32 Å². The predicted molar refractivity (Wildman–Crippen MR) is 77.4 cm³/mol. The third-order valence-corrected chi connectivity index (χ3v) is 3.35. The molecular weight excluding hydrogens is 255 g/mol. The first-order valence-electron chi connectivity index (χ1n) is 6.29. The van der Waals surface area contributed by atoms with E-state index in [9.17, 15) is 9.18 Å². The first kappa shape index (κ1) is 12.4. The number of H-pyrrole nitrogens is 1. The first-order valence-corrected chi connectivity index (χ1v) is 6.29. The Morgan fingerprint density at radius 2 is 1.95 bits per heavy atom. The van der Waals surface area contributed by atoms with E-state index in [1.165, 1.54) is 6.07 Å². The molecule has 0 unspecified atom stereocenters. The summed E-state index contributed by atoms with van der Waals surface area (Å²) in [5, 5.41) is 3.59. The Morgan fingerprint density at radius 1 is 1.15 bits per heavy atom. The standard InChI is InChI=1S/C16H13FN2O/c1-10-13(17)6-4-8-14(10)19-16(20)12-9-18-15-7-3-2-5-11(12)15/h2-9,18H,1H3,(H,19,20). The van der Waals surface area contributed by atoms with E-state index in [1.54, 1.807) is 25.3 Å². The molecule has 20 heavy (non-hydrogen) atoms. The number of rotatable bonds is 2. The van der Waals surface area contributed by atoms with Crippen LogP contribution in [-0.4, -0.2) is 10.9 Å². The van der Waals surface area contributed by atoms with Crippen LogP contribution in [0.2, 0.25) is 0 Å². The molecule has 2 aromatic carbocycles. The van der Waals surface area contributed by atoms with Gasteiger partial charge in [0, 0.05) is 28.4 Å². The molecule has 1 amide bonds. The quantitative estimate of drug-likeness (QED) is 0.728. The predicted octanol–water partition coefficient (Wildman–Crippen LogP) is 3.87. The Balaban J connectivity index is 1.95. The van der Waals surface area contributed by atoms with Gasteiger partial charge in [-0.25, -0.2) is 4.39 Å². The highest BCUT2D eigenvalue weighted by Crippen LogP contribution is 2.21. The lowest BCUT2D eigenvalue weighted by Gasteiger charge is -2.08. The molecule has 0 fully saturated rings. The van der Waals surface area contributed by atoms with Gasteiger partial charge in [-0.3, -0.25) is 4.79 Å². The van der Waals surface area contributed by atoms with E-state index in [1.807, 2.05) is 24.3 Å². The third kappa shape index (κ3) is 2.05. The molecule has 0 atom stereocenters. The second-order valence-corrected chi connectivity index (χ2v) is 4.61. The molecule has 0 saturated carbocycles. The minimum atomic E-state index is -0.332. The molecule has 3 rings (SSSR count). The molecule has 3 aromatic rings. The summed E-state index contributed by atoms with van der Waals surface area (Å²) in [7, 11) is 0. The van der Waals surface area contributed by atoms with E-state index >= 15 is 0 Å². The van der Waals surface area contributed by atoms with Crippen LogP contribution in [0.25, 0.3) is 10.9 Å². The fraction of sp³-hybridized carbons (Fsp3) is 0.0625. The Hall–Kier alpha value is -2.62. The van der Waals surface area contributed by atoms with Crippen molar-refractivity contribution in [2.75, 3.05) is 5.32 Å². The third-order valence-electron chi connectivity index (χ3n) is 3.35. The maximum Gasteiger partial charge on any atom is 0.257 e. The highest BCUT2D eigenvalue weighted by molar-refractivity contribution is 6.12. The van der Waals surface area contributed by atoms with Crippen LogP contribution in [0, 0.1) is 12.7 Å². The Labute approximate surface area is 115 Å². The number of halogens is 1. The maximum absolute atomic E-state index is 13.5. The lowest BCUT2D eigenvalue weighted by molar-refractivity contribution is 0.102. The zero-order valence-corrected chi connectivity index (χ0v) is 10.9. The highest BCUT2D eigenvalue weighted by Gasteiger charge is 2.13. The number of hydrogen-bond acceptors (Lipinski definition) is 1. The molecule has 100 valence electrons. The number of carbonyl (C=O) groups excluding carboxylic acids is 1. The van der Waals surface area contributed by atoms with Gasteiger partial charge in [-0.05, 0) is 25.1 Å². The van der Waals surface area contributed by atoms with E-state index < -0.39 is 0 Å². The lowest BCUT2D eigenvalue weighted by Crippen LogP contribution is -2.12. The average Bonchev–Trinajstić information content (AvgIpc) is 2.88. The zero-order chi connectivity index (χ0) is 14.1. The molecule has 1 heterocycles. The SMILES string of the molecule is Cc1c(F)cccc1NC(=O)c1c[nH]c2ccccc12. The van der Waals surface area contributed by atoms with Crippen LogP contribution in [0.4, 0.5) is 10.1 Å². The molecule has 0 bridgehead atoms. The van der Waals surface area contributed by atoms with Crippen molar-refractivity contribution in [3.05, 3.63) is 65.6 Å². The number of fused-ring (bicyclic) bond motifs is 1. The molecule has 0 aliphatic carbocycles. The minimum Gasteiger partial charge on any atom is -0.360 e. The summed E-state index contributed by atoms with van der Waals surface area (Å²) in [5.74, 6) is -0.585. The van der Waals surface area contributed by atoms with Gasteiger partial charge in [-0.15, -0.1) is 0 Å². The summed E-state index contributed by atoms with van der Waals surface area (Å²) in [6.07, 6.45) is 1.66. The van der Waals surface area contributed by atoms with Gasteiger partial charge in [0.15, 0.2) is 0 Å². The number of carbonyl (C=O) groups is 1. The van der Waals surface area contributed by atoms with Crippen molar-refractivity contribution in [1.82, 2.24) is 4.98 Å². The molecule has 4 heteroatoms. The van der Waals surface area contributed by atoms with Crippen molar-refractivity contribution < 1.29 is 9.18 Å². The second kappa shape index (κ2) is 4.81. The van der Waals surface area contributed by atoms with Crippen LogP contribution in [0.5, 0.6) is 0 Å². The largest absolute Gasteiger partial charge is 0.360 e. The molecule has 0 radical (unpaired) electrons. The van der Waals surface area contributed by atoms with Gasteiger partial charge in [-0.2, -0.15) is 0 Å².